The SMILES string of the molecule is NC1=Nc2c(ncn2[C@@H]2C[C@H](CO[PH](=O)O)[C@H](O)[C@@H]2OP(=O)(O)CO[C@H]2O[C@@H](n3cnc4c(N)ncnc43)[C@@H](O)[C@H]2O)C(N)N1. The third kappa shape index (κ3) is 6.08. The lowest BCUT2D eigenvalue weighted by atomic mass is 10.1. The molecule has 3 aliphatic rings. The van der Waals surface area contributed by atoms with Crippen LogP contribution in [0.5, 0.6) is 0 Å². The molecule has 0 aromatic carbocycles. The van der Waals surface area contributed by atoms with Gasteiger partial charge in [0.05, 0.1) is 31.4 Å². The molecule has 0 bridgehead atoms. The molecule has 0 radical (unpaired) electrons. The number of hydrogen-bond donors (Lipinski definition) is 9. The van der Waals surface area contributed by atoms with Crippen LogP contribution in [0.2, 0.25) is 0 Å². The Hall–Kier alpha value is -3.11. The van der Waals surface area contributed by atoms with Crippen LogP contribution in [-0.4, -0.2) is 104 Å². The van der Waals surface area contributed by atoms with Crippen LogP contribution < -0.4 is 22.5 Å². The average molecular weight is 675 g/mol. The van der Waals surface area contributed by atoms with Gasteiger partial charge in [0.25, 0.3) is 0 Å². The number of fused-ring (bicyclic) bond motifs is 2. The molecule has 22 nitrogen and oxygen atoms in total. The van der Waals surface area contributed by atoms with Crippen LogP contribution in [0.1, 0.15) is 30.6 Å². The van der Waals surface area contributed by atoms with E-state index in [1.54, 1.807) is 0 Å². The van der Waals surface area contributed by atoms with Crippen molar-refractivity contribution in [2.24, 2.45) is 22.4 Å². The summed E-state index contributed by atoms with van der Waals surface area (Å²) in [5, 5.41) is 35.1. The summed E-state index contributed by atoms with van der Waals surface area (Å²) in [5.74, 6) is -0.526. The summed E-state index contributed by atoms with van der Waals surface area (Å²) in [7, 11) is -8.09. The fraction of sp³-hybridized carbons (Fsp3) is 0.571. The van der Waals surface area contributed by atoms with Gasteiger partial charge in [-0.2, -0.15) is 4.99 Å². The molecular weight excluding hydrogens is 644 g/mol. The normalized spacial score (nSPS) is 33.5. The molecule has 3 unspecified atom stereocenters. The number of nitrogens with two attached hydrogens (primary N) is 3. The predicted molar refractivity (Wildman–Crippen MR) is 150 cm³/mol. The zero-order valence-corrected chi connectivity index (χ0v) is 24.9. The van der Waals surface area contributed by atoms with Gasteiger partial charge in [-0.1, -0.05) is 0 Å². The number of nitrogens with zero attached hydrogens (tertiary/aromatic N) is 7. The van der Waals surface area contributed by atoms with Crippen molar-refractivity contribution in [2.75, 3.05) is 18.7 Å². The van der Waals surface area contributed by atoms with Gasteiger partial charge in [0.2, 0.25) is 0 Å². The number of anilines is 1. The van der Waals surface area contributed by atoms with E-state index < -0.39 is 77.3 Å². The monoisotopic (exact) mass is 675 g/mol. The molecule has 12 N–H and O–H groups in total. The molecule has 45 heavy (non-hydrogen) atoms. The summed E-state index contributed by atoms with van der Waals surface area (Å²) in [5.41, 5.74) is 18.4. The van der Waals surface area contributed by atoms with Gasteiger partial charge in [0.15, 0.2) is 42.1 Å². The van der Waals surface area contributed by atoms with Crippen LogP contribution in [0.4, 0.5) is 11.6 Å². The van der Waals surface area contributed by atoms with E-state index >= 15 is 0 Å². The molecule has 24 heteroatoms. The third-order valence-electron chi connectivity index (χ3n) is 7.68. The molecule has 2 fully saturated rings. The van der Waals surface area contributed by atoms with E-state index in [1.807, 2.05) is 0 Å². The molecule has 3 aromatic rings. The molecule has 0 amide bonds. The Labute approximate surface area is 253 Å². The first-order valence-corrected chi connectivity index (χ1v) is 16.4. The largest absolute Gasteiger partial charge is 0.390 e. The smallest absolute Gasteiger partial charge is 0.354 e. The lowest BCUT2D eigenvalue weighted by Gasteiger charge is -2.28. The van der Waals surface area contributed by atoms with Crippen molar-refractivity contribution in [3.63, 3.8) is 0 Å². The molecule has 6 rings (SSSR count). The quantitative estimate of drug-likeness (QED) is 0.0983. The Morgan fingerprint density at radius 1 is 1.11 bits per heavy atom. The van der Waals surface area contributed by atoms with E-state index in [2.05, 4.69) is 30.2 Å². The van der Waals surface area contributed by atoms with E-state index in [4.69, 9.17) is 40.6 Å². The summed E-state index contributed by atoms with van der Waals surface area (Å²) in [6.07, 6.45) is -6.94. The number of aliphatic hydroxyl groups excluding tert-OH is 3. The van der Waals surface area contributed by atoms with Crippen LogP contribution in [-0.2, 0) is 27.7 Å². The first kappa shape index (κ1) is 31.9. The van der Waals surface area contributed by atoms with Crippen molar-refractivity contribution in [2.45, 2.75) is 55.6 Å². The van der Waals surface area contributed by atoms with Gasteiger partial charge in [0.1, 0.15) is 42.0 Å². The number of aliphatic imine (C=N–C) groups is 1. The Balaban J connectivity index is 1.19. The third-order valence-corrected chi connectivity index (χ3v) is 9.15. The highest BCUT2D eigenvalue weighted by Crippen LogP contribution is 2.51. The van der Waals surface area contributed by atoms with Crippen molar-refractivity contribution in [1.82, 2.24) is 34.4 Å². The lowest BCUT2D eigenvalue weighted by Crippen LogP contribution is -2.41. The van der Waals surface area contributed by atoms with E-state index in [0.717, 1.165) is 0 Å². The minimum absolute atomic E-state index is 0.0111. The number of aliphatic hydroxyl groups is 3. The molecular formula is C21H31N11O11P2. The number of hydrogen-bond acceptors (Lipinski definition) is 18. The van der Waals surface area contributed by atoms with Gasteiger partial charge in [-0.3, -0.25) is 18.2 Å². The van der Waals surface area contributed by atoms with Gasteiger partial charge >= 0.3 is 15.9 Å². The molecule has 11 atom stereocenters. The Morgan fingerprint density at radius 2 is 1.87 bits per heavy atom. The van der Waals surface area contributed by atoms with Gasteiger partial charge < -0.3 is 66.2 Å². The first-order valence-electron chi connectivity index (χ1n) is 13.4. The Kier molecular flexibility index (Phi) is 8.67. The molecule has 1 saturated heterocycles. The number of guanidine groups is 1. The van der Waals surface area contributed by atoms with Gasteiger partial charge in [-0.25, -0.2) is 19.9 Å². The molecule has 2 aliphatic heterocycles. The standard InChI is InChI=1S/C21H31N11O11P2/c22-15-9-17(26-3-25-15)32(5-28-9)19-12(34)13(35)20(42-19)40-6-45(38,39)43-14-8(1-7(11(14)33)2-41-44(36)37)31-4-27-10-16(23)29-21(24)30-18(10)31/h3-5,7-8,11-14,16,19-20,33-35,44H,1-2,6,23H2,(H,36,37)(H,38,39)(H2,22,25,26)(H3,24,29,30)/t7-,8-,11+,12+,13-,14-,16?,19-,20+/m1/s1. The molecule has 3 aromatic heterocycles. The van der Waals surface area contributed by atoms with Crippen molar-refractivity contribution in [3.8, 4) is 0 Å². The number of ether oxygens (including phenoxy) is 2. The second-order valence-corrected chi connectivity index (χ2v) is 13.1. The van der Waals surface area contributed by atoms with Crippen LogP contribution in [0, 0.1) is 5.92 Å². The van der Waals surface area contributed by atoms with E-state index in [-0.39, 0.29) is 41.8 Å². The minimum atomic E-state index is -4.75. The number of nitrogens with one attached hydrogen (secondary N) is 1. The van der Waals surface area contributed by atoms with Gasteiger partial charge in [-0.05, 0) is 6.42 Å². The summed E-state index contributed by atoms with van der Waals surface area (Å²) >= 11 is 0. The molecule has 5 heterocycles. The zero-order chi connectivity index (χ0) is 32.2. The number of imidazole rings is 2. The summed E-state index contributed by atoms with van der Waals surface area (Å²) < 4.78 is 48.7. The van der Waals surface area contributed by atoms with E-state index in [0.29, 0.717) is 5.69 Å². The summed E-state index contributed by atoms with van der Waals surface area (Å²) in [4.78, 5) is 40.4. The van der Waals surface area contributed by atoms with Crippen LogP contribution >= 0.6 is 15.9 Å². The highest BCUT2D eigenvalue weighted by Gasteiger charge is 2.50. The maximum Gasteiger partial charge on any atom is 0.354 e. The fourth-order valence-electron chi connectivity index (χ4n) is 5.59. The second kappa shape index (κ2) is 12.2. The lowest BCUT2D eigenvalue weighted by molar-refractivity contribution is -0.168. The summed E-state index contributed by atoms with van der Waals surface area (Å²) in [6, 6.07) is -0.892. The second-order valence-electron chi connectivity index (χ2n) is 10.6. The van der Waals surface area contributed by atoms with Crippen LogP contribution in [0.3, 0.4) is 0 Å². The molecule has 0 spiro atoms. The maximum atomic E-state index is 13.3. The molecule has 1 aliphatic carbocycles. The van der Waals surface area contributed by atoms with Crippen LogP contribution in [0.25, 0.3) is 11.2 Å². The number of nitrogen functional groups attached to an aromatic ring is 1. The Morgan fingerprint density at radius 3 is 2.62 bits per heavy atom. The molecule has 1 saturated carbocycles. The Bertz CT molecular complexity index is 1670. The van der Waals surface area contributed by atoms with Crippen molar-refractivity contribution in [3.05, 3.63) is 24.7 Å². The van der Waals surface area contributed by atoms with E-state index in [1.165, 1.54) is 28.1 Å². The highest BCUT2D eigenvalue weighted by atomic mass is 31.2. The van der Waals surface area contributed by atoms with Crippen molar-refractivity contribution < 1.29 is 52.8 Å². The summed E-state index contributed by atoms with van der Waals surface area (Å²) in [6.45, 7) is -0.359. The minimum Gasteiger partial charge on any atom is -0.390 e. The first-order chi connectivity index (χ1) is 21.3. The molecule has 246 valence electrons. The zero-order valence-electron chi connectivity index (χ0n) is 23.0. The van der Waals surface area contributed by atoms with Crippen LogP contribution in [0.15, 0.2) is 24.0 Å². The predicted octanol–water partition coefficient (Wildman–Crippen LogP) is -2.75. The maximum absolute atomic E-state index is 13.3. The van der Waals surface area contributed by atoms with Gasteiger partial charge in [-0.15, -0.1) is 0 Å². The topological polar surface area (TPSA) is 336 Å². The number of aromatic nitrogens is 6. The fourth-order valence-corrected chi connectivity index (χ4v) is 6.99. The van der Waals surface area contributed by atoms with Gasteiger partial charge in [0, 0.05) is 5.92 Å². The van der Waals surface area contributed by atoms with E-state index in [9.17, 15) is 29.3 Å². The average Bonchev–Trinajstić information content (AvgIpc) is 3.73. The highest BCUT2D eigenvalue weighted by molar-refractivity contribution is 7.52. The number of rotatable bonds is 10. The van der Waals surface area contributed by atoms with Crippen molar-refractivity contribution in [1.29, 1.82) is 0 Å². The van der Waals surface area contributed by atoms with Crippen molar-refractivity contribution >= 4 is 44.6 Å².